The van der Waals surface area contributed by atoms with Crippen molar-refractivity contribution in [3.8, 4) is 5.75 Å². The first-order valence-electron chi connectivity index (χ1n) is 10.4. The van der Waals surface area contributed by atoms with E-state index in [0.717, 1.165) is 17.7 Å². The molecule has 3 heterocycles. The zero-order chi connectivity index (χ0) is 18.9. The molecule has 0 saturated carbocycles. The summed E-state index contributed by atoms with van der Waals surface area (Å²) < 4.78 is 6.16. The van der Waals surface area contributed by atoms with Crippen LogP contribution >= 0.6 is 0 Å². The predicted molar refractivity (Wildman–Crippen MR) is 110 cm³/mol. The molecule has 4 heteroatoms. The first-order chi connectivity index (χ1) is 13.0. The summed E-state index contributed by atoms with van der Waals surface area (Å²) in [7, 11) is 0. The Hall–Kier alpha value is -1.65. The third kappa shape index (κ3) is 4.12. The molecular weight excluding hydrogens is 336 g/mol. The van der Waals surface area contributed by atoms with Crippen LogP contribution in [0.5, 0.6) is 5.75 Å². The summed E-state index contributed by atoms with van der Waals surface area (Å²) in [4.78, 5) is 7.30. The average Bonchev–Trinajstić information content (AvgIpc) is 3.11. The van der Waals surface area contributed by atoms with Crippen LogP contribution < -0.4 is 4.74 Å². The third-order valence-electron chi connectivity index (χ3n) is 6.32. The summed E-state index contributed by atoms with van der Waals surface area (Å²) in [5.74, 6) is 1.71. The van der Waals surface area contributed by atoms with Crippen LogP contribution in [0.15, 0.2) is 35.3 Å². The Labute approximate surface area is 162 Å². The van der Waals surface area contributed by atoms with Crippen LogP contribution in [-0.4, -0.2) is 48.5 Å². The van der Waals surface area contributed by atoms with Gasteiger partial charge in [-0.25, -0.2) is 0 Å². The Balaban J connectivity index is 1.61. The molecule has 0 aromatic heterocycles. The lowest BCUT2D eigenvalue weighted by molar-refractivity contribution is 0.0784. The second kappa shape index (κ2) is 7.76. The molecule has 0 amide bonds. The Kier molecular flexibility index (Phi) is 5.38. The number of likely N-dealkylation sites (tertiary alicyclic amines) is 1. The minimum absolute atomic E-state index is 0.185. The number of benzene rings is 1. The van der Waals surface area contributed by atoms with Gasteiger partial charge < -0.3 is 14.7 Å². The van der Waals surface area contributed by atoms with E-state index in [1.807, 2.05) is 32.2 Å². The first kappa shape index (κ1) is 18.7. The van der Waals surface area contributed by atoms with E-state index in [1.54, 1.807) is 0 Å². The van der Waals surface area contributed by atoms with Gasteiger partial charge in [-0.1, -0.05) is 12.1 Å². The lowest BCUT2D eigenvalue weighted by Crippen LogP contribution is -2.29. The molecule has 0 bridgehead atoms. The molecule has 4 nitrogen and oxygen atoms in total. The van der Waals surface area contributed by atoms with Crippen molar-refractivity contribution < 1.29 is 9.84 Å². The molecule has 1 saturated heterocycles. The first-order valence-corrected chi connectivity index (χ1v) is 10.4. The Morgan fingerprint density at radius 1 is 1.26 bits per heavy atom. The lowest BCUT2D eigenvalue weighted by Gasteiger charge is -2.29. The second-order valence-electron chi connectivity index (χ2n) is 8.75. The van der Waals surface area contributed by atoms with E-state index in [9.17, 15) is 5.11 Å². The number of aliphatic hydroxyl groups is 1. The van der Waals surface area contributed by atoms with Gasteiger partial charge in [-0.15, -0.1) is 0 Å². The molecule has 3 atom stereocenters. The van der Waals surface area contributed by atoms with E-state index < -0.39 is 5.60 Å². The van der Waals surface area contributed by atoms with Gasteiger partial charge in [0.2, 0.25) is 0 Å². The van der Waals surface area contributed by atoms with E-state index >= 15 is 0 Å². The quantitative estimate of drug-likeness (QED) is 0.857. The average molecular weight is 369 g/mol. The van der Waals surface area contributed by atoms with Crippen LogP contribution in [0.2, 0.25) is 0 Å². The minimum atomic E-state index is -0.846. The summed E-state index contributed by atoms with van der Waals surface area (Å²) in [5, 5.41) is 10.5. The fourth-order valence-corrected chi connectivity index (χ4v) is 4.74. The van der Waals surface area contributed by atoms with E-state index in [4.69, 9.17) is 9.73 Å². The number of hydrogen-bond donors (Lipinski definition) is 1. The predicted octanol–water partition coefficient (Wildman–Crippen LogP) is 3.89. The van der Waals surface area contributed by atoms with Gasteiger partial charge in [-0.3, -0.25) is 4.99 Å². The standard InChI is InChI=1S/C23H32N2O2/c1-23(2,26)17-9-10-22-20(15-17)18(8-6-14-25-12-3-4-13-25)19-7-5-11-24-21(19)16-27-22/h5,7,9-11,15,18-19,21,26H,3-4,6,8,12-14,16H2,1-2H3. The molecule has 0 radical (unpaired) electrons. The summed E-state index contributed by atoms with van der Waals surface area (Å²) >= 11 is 0. The second-order valence-corrected chi connectivity index (χ2v) is 8.75. The maximum atomic E-state index is 10.5. The van der Waals surface area contributed by atoms with Crippen molar-refractivity contribution in [2.45, 2.75) is 57.1 Å². The van der Waals surface area contributed by atoms with Gasteiger partial charge in [0.1, 0.15) is 12.4 Å². The Morgan fingerprint density at radius 3 is 2.85 bits per heavy atom. The van der Waals surface area contributed by atoms with Crippen molar-refractivity contribution >= 4 is 6.21 Å². The van der Waals surface area contributed by atoms with Crippen molar-refractivity contribution in [3.05, 3.63) is 41.5 Å². The summed E-state index contributed by atoms with van der Waals surface area (Å²) in [6.45, 7) is 8.02. The van der Waals surface area contributed by atoms with Gasteiger partial charge in [-0.05, 0) is 94.4 Å². The highest BCUT2D eigenvalue weighted by Crippen LogP contribution is 2.43. The zero-order valence-electron chi connectivity index (χ0n) is 16.6. The minimum Gasteiger partial charge on any atom is -0.491 e. The van der Waals surface area contributed by atoms with E-state index in [2.05, 4.69) is 23.1 Å². The molecule has 146 valence electrons. The molecule has 3 aliphatic rings. The zero-order valence-corrected chi connectivity index (χ0v) is 16.6. The maximum Gasteiger partial charge on any atom is 0.122 e. The van der Waals surface area contributed by atoms with Crippen LogP contribution in [0.25, 0.3) is 0 Å². The number of fused-ring (bicyclic) bond motifs is 2. The number of nitrogens with zero attached hydrogens (tertiary/aromatic N) is 2. The number of aliphatic imine (C=N–C) groups is 1. The number of rotatable bonds is 5. The van der Waals surface area contributed by atoms with E-state index in [1.165, 1.54) is 44.5 Å². The van der Waals surface area contributed by atoms with Gasteiger partial charge in [-0.2, -0.15) is 0 Å². The summed E-state index contributed by atoms with van der Waals surface area (Å²) in [6, 6.07) is 6.39. The largest absolute Gasteiger partial charge is 0.491 e. The van der Waals surface area contributed by atoms with Crippen LogP contribution in [0.1, 0.15) is 56.6 Å². The number of ether oxygens (including phenoxy) is 1. The monoisotopic (exact) mass is 368 g/mol. The van der Waals surface area contributed by atoms with Gasteiger partial charge in [0.15, 0.2) is 0 Å². The highest BCUT2D eigenvalue weighted by molar-refractivity contribution is 5.72. The summed E-state index contributed by atoms with van der Waals surface area (Å²) in [6.07, 6.45) is 11.3. The summed E-state index contributed by atoms with van der Waals surface area (Å²) in [5.41, 5.74) is 1.35. The third-order valence-corrected chi connectivity index (χ3v) is 6.32. The van der Waals surface area contributed by atoms with Gasteiger partial charge >= 0.3 is 0 Å². The van der Waals surface area contributed by atoms with Crippen molar-refractivity contribution in [3.63, 3.8) is 0 Å². The number of hydrogen-bond acceptors (Lipinski definition) is 4. The normalized spacial score (nSPS) is 27.7. The highest BCUT2D eigenvalue weighted by atomic mass is 16.5. The van der Waals surface area contributed by atoms with Gasteiger partial charge in [0, 0.05) is 12.1 Å². The topological polar surface area (TPSA) is 45.1 Å². The van der Waals surface area contributed by atoms with Crippen LogP contribution in [0.3, 0.4) is 0 Å². The molecule has 3 aliphatic heterocycles. The molecule has 1 fully saturated rings. The van der Waals surface area contributed by atoms with Crippen molar-refractivity contribution in [1.82, 2.24) is 4.90 Å². The Morgan fingerprint density at radius 2 is 2.07 bits per heavy atom. The maximum absolute atomic E-state index is 10.5. The van der Waals surface area contributed by atoms with E-state index in [0.29, 0.717) is 18.4 Å². The van der Waals surface area contributed by atoms with Crippen LogP contribution in [0.4, 0.5) is 0 Å². The SMILES string of the molecule is CC(C)(O)c1ccc2c(c1)C(CCCN1CCCC1)C1C=CC=NC1CO2. The van der Waals surface area contributed by atoms with Gasteiger partial charge in [0.25, 0.3) is 0 Å². The van der Waals surface area contributed by atoms with Crippen LogP contribution in [-0.2, 0) is 5.60 Å². The fraction of sp³-hybridized carbons (Fsp3) is 0.609. The van der Waals surface area contributed by atoms with Gasteiger partial charge in [0.05, 0.1) is 11.6 Å². The smallest absolute Gasteiger partial charge is 0.122 e. The van der Waals surface area contributed by atoms with Crippen LogP contribution in [0, 0.1) is 5.92 Å². The molecule has 1 aromatic rings. The molecular formula is C23H32N2O2. The molecule has 27 heavy (non-hydrogen) atoms. The lowest BCUT2D eigenvalue weighted by atomic mass is 9.77. The molecule has 4 rings (SSSR count). The molecule has 3 unspecified atom stereocenters. The number of dihydropyridines is 1. The molecule has 1 N–H and O–H groups in total. The molecule has 1 aromatic carbocycles. The Bertz CT molecular complexity index is 714. The highest BCUT2D eigenvalue weighted by Gasteiger charge is 2.35. The van der Waals surface area contributed by atoms with Crippen molar-refractivity contribution in [2.24, 2.45) is 10.9 Å². The fourth-order valence-electron chi connectivity index (χ4n) is 4.74. The molecule has 0 aliphatic carbocycles. The van der Waals surface area contributed by atoms with Crippen molar-refractivity contribution in [1.29, 1.82) is 0 Å². The molecule has 0 spiro atoms. The van der Waals surface area contributed by atoms with E-state index in [-0.39, 0.29) is 6.04 Å². The van der Waals surface area contributed by atoms with Crippen molar-refractivity contribution in [2.75, 3.05) is 26.2 Å². The number of allylic oxidation sites excluding steroid dienone is 1.